The fourth-order valence-electron chi connectivity index (χ4n) is 4.29. The maximum Gasteiger partial charge on any atom is 0.253 e. The van der Waals surface area contributed by atoms with Crippen LogP contribution in [0.5, 0.6) is 0 Å². The lowest BCUT2D eigenvalue weighted by molar-refractivity contribution is -0.124. The van der Waals surface area contributed by atoms with Gasteiger partial charge in [-0.15, -0.1) is 0 Å². The van der Waals surface area contributed by atoms with Gasteiger partial charge in [0.05, 0.1) is 17.6 Å². The molecule has 0 aliphatic carbocycles. The van der Waals surface area contributed by atoms with E-state index in [0.29, 0.717) is 5.69 Å². The highest BCUT2D eigenvalue weighted by Gasteiger charge is 2.59. The summed E-state index contributed by atoms with van der Waals surface area (Å²) in [4.78, 5) is 27.3. The maximum atomic E-state index is 13.1. The van der Waals surface area contributed by atoms with E-state index in [0.717, 1.165) is 13.0 Å². The molecule has 24 heavy (non-hydrogen) atoms. The van der Waals surface area contributed by atoms with Crippen LogP contribution in [0.3, 0.4) is 0 Å². The molecule has 0 unspecified atom stereocenters. The van der Waals surface area contributed by atoms with E-state index in [9.17, 15) is 9.59 Å². The minimum absolute atomic E-state index is 0.0647. The van der Waals surface area contributed by atoms with Crippen LogP contribution in [0.1, 0.15) is 17.2 Å². The fraction of sp³-hybridized carbons (Fsp3) is 0.263. The molecule has 2 fully saturated rings. The fourth-order valence-corrected chi connectivity index (χ4v) is 4.29. The lowest BCUT2D eigenvalue weighted by Gasteiger charge is -2.33. The monoisotopic (exact) mass is 319 g/mol. The topological polar surface area (TPSA) is 52.7 Å². The van der Waals surface area contributed by atoms with Crippen LogP contribution < -0.4 is 10.3 Å². The van der Waals surface area contributed by atoms with Crippen LogP contribution in [-0.4, -0.2) is 29.4 Å². The molecule has 3 aliphatic heterocycles. The van der Waals surface area contributed by atoms with Crippen LogP contribution in [0.2, 0.25) is 0 Å². The number of benzene rings is 2. The quantitative estimate of drug-likeness (QED) is 0.812. The normalized spacial score (nSPS) is 28.7. The van der Waals surface area contributed by atoms with Crippen molar-refractivity contribution < 1.29 is 9.59 Å². The van der Waals surface area contributed by atoms with Crippen LogP contribution in [0.15, 0.2) is 54.6 Å². The Hall–Kier alpha value is -2.50. The Bertz CT molecular complexity index is 836. The van der Waals surface area contributed by atoms with Crippen LogP contribution in [-0.2, 0) is 16.0 Å². The van der Waals surface area contributed by atoms with Crippen molar-refractivity contribution in [2.45, 2.75) is 18.5 Å². The standard InChI is InChI=1S/C19H17N3O2/c23-18-15-16(19(24)22(18)13-7-2-1-3-8-13)20-21-11-10-12-6-4-5-9-14(12)17(15)21/h1-9,15-17,20H,10-11H2/t15-,16-,17-/m0/s1. The number of carbonyl (C=O) groups is 2. The average molecular weight is 319 g/mol. The van der Waals surface area contributed by atoms with E-state index in [2.05, 4.69) is 22.6 Å². The van der Waals surface area contributed by atoms with Crippen LogP contribution >= 0.6 is 0 Å². The molecule has 2 amide bonds. The molecule has 0 spiro atoms. The maximum absolute atomic E-state index is 13.1. The van der Waals surface area contributed by atoms with Crippen LogP contribution in [0, 0.1) is 5.92 Å². The second kappa shape index (κ2) is 5.00. The third-order valence-electron chi connectivity index (χ3n) is 5.34. The number of rotatable bonds is 1. The molecule has 0 radical (unpaired) electrons. The van der Waals surface area contributed by atoms with Gasteiger partial charge >= 0.3 is 0 Å². The molecule has 3 heterocycles. The van der Waals surface area contributed by atoms with Gasteiger partial charge in [-0.1, -0.05) is 42.5 Å². The van der Waals surface area contributed by atoms with Crippen molar-refractivity contribution in [3.63, 3.8) is 0 Å². The average Bonchev–Trinajstić information content (AvgIpc) is 3.12. The third-order valence-corrected chi connectivity index (χ3v) is 5.34. The first-order valence-electron chi connectivity index (χ1n) is 8.29. The molecule has 2 saturated heterocycles. The van der Waals surface area contributed by atoms with Gasteiger partial charge in [-0.05, 0) is 29.7 Å². The van der Waals surface area contributed by atoms with Gasteiger partial charge in [-0.25, -0.2) is 15.3 Å². The summed E-state index contributed by atoms with van der Waals surface area (Å²) in [6.45, 7) is 0.820. The Morgan fingerprint density at radius 1 is 0.917 bits per heavy atom. The molecule has 2 aromatic rings. The summed E-state index contributed by atoms with van der Waals surface area (Å²) in [7, 11) is 0. The Balaban J connectivity index is 1.58. The summed E-state index contributed by atoms with van der Waals surface area (Å²) >= 11 is 0. The molecule has 0 saturated carbocycles. The second-order valence-corrected chi connectivity index (χ2v) is 6.57. The molecule has 3 atom stereocenters. The van der Waals surface area contributed by atoms with Gasteiger partial charge < -0.3 is 0 Å². The van der Waals surface area contributed by atoms with E-state index in [1.54, 1.807) is 0 Å². The molecule has 5 heteroatoms. The van der Waals surface area contributed by atoms with Crippen molar-refractivity contribution in [1.82, 2.24) is 10.4 Å². The van der Waals surface area contributed by atoms with Gasteiger partial charge in [0, 0.05) is 6.54 Å². The predicted octanol–water partition coefficient (Wildman–Crippen LogP) is 1.66. The zero-order valence-corrected chi connectivity index (χ0v) is 13.1. The second-order valence-electron chi connectivity index (χ2n) is 6.57. The van der Waals surface area contributed by atoms with E-state index in [1.165, 1.54) is 16.0 Å². The lowest BCUT2D eigenvalue weighted by atomic mass is 9.85. The Morgan fingerprint density at radius 2 is 1.67 bits per heavy atom. The Morgan fingerprint density at radius 3 is 2.50 bits per heavy atom. The first kappa shape index (κ1) is 13.9. The van der Waals surface area contributed by atoms with Crippen molar-refractivity contribution in [3.8, 4) is 0 Å². The zero-order chi connectivity index (χ0) is 16.3. The number of hydrazine groups is 1. The molecule has 1 N–H and O–H groups in total. The van der Waals surface area contributed by atoms with Crippen molar-refractivity contribution in [1.29, 1.82) is 0 Å². The first-order valence-corrected chi connectivity index (χ1v) is 8.29. The van der Waals surface area contributed by atoms with E-state index < -0.39 is 6.04 Å². The molecule has 5 nitrogen and oxygen atoms in total. The summed E-state index contributed by atoms with van der Waals surface area (Å²) in [5, 5.41) is 2.08. The largest absolute Gasteiger partial charge is 0.274 e. The van der Waals surface area contributed by atoms with Gasteiger partial charge in [0.15, 0.2) is 0 Å². The Kier molecular flexibility index (Phi) is 2.89. The number of hydrogen-bond acceptors (Lipinski definition) is 4. The number of para-hydroxylation sites is 1. The smallest absolute Gasteiger partial charge is 0.253 e. The predicted molar refractivity (Wildman–Crippen MR) is 88.9 cm³/mol. The highest BCUT2D eigenvalue weighted by molar-refractivity contribution is 6.24. The number of amides is 2. The number of nitrogens with zero attached hydrogens (tertiary/aromatic N) is 2. The van der Waals surface area contributed by atoms with Gasteiger partial charge in [-0.2, -0.15) is 0 Å². The van der Waals surface area contributed by atoms with Gasteiger partial charge in [0.1, 0.15) is 6.04 Å². The number of hydrogen-bond donors (Lipinski definition) is 1. The molecule has 0 aromatic heterocycles. The third kappa shape index (κ3) is 1.76. The number of anilines is 1. The summed E-state index contributed by atoms with van der Waals surface area (Å²) in [6, 6.07) is 16.9. The number of fused-ring (bicyclic) bond motifs is 5. The molecule has 5 rings (SSSR count). The number of nitrogens with one attached hydrogen (secondary N) is 1. The van der Waals surface area contributed by atoms with E-state index >= 15 is 0 Å². The minimum atomic E-state index is -0.464. The van der Waals surface area contributed by atoms with E-state index in [4.69, 9.17) is 0 Å². The first-order chi connectivity index (χ1) is 11.8. The zero-order valence-electron chi connectivity index (χ0n) is 13.1. The number of imide groups is 1. The molecular formula is C19H17N3O2. The van der Waals surface area contributed by atoms with E-state index in [-0.39, 0.29) is 23.8 Å². The summed E-state index contributed by atoms with van der Waals surface area (Å²) in [5.74, 6) is -0.616. The molecule has 3 aliphatic rings. The van der Waals surface area contributed by atoms with Crippen LogP contribution in [0.4, 0.5) is 5.69 Å². The lowest BCUT2D eigenvalue weighted by Crippen LogP contribution is -2.46. The number of carbonyl (C=O) groups excluding carboxylic acids is 2. The van der Waals surface area contributed by atoms with Crippen molar-refractivity contribution in [3.05, 3.63) is 65.7 Å². The summed E-state index contributed by atoms with van der Waals surface area (Å²) < 4.78 is 0. The SMILES string of the molecule is O=C1[C@H]2[C@H](NN3CCc4ccccc4[C@@H]23)C(=O)N1c1ccccc1. The Labute approximate surface area is 139 Å². The minimum Gasteiger partial charge on any atom is -0.274 e. The van der Waals surface area contributed by atoms with Crippen molar-refractivity contribution >= 4 is 17.5 Å². The van der Waals surface area contributed by atoms with E-state index in [1.807, 2.05) is 42.5 Å². The van der Waals surface area contributed by atoms with Crippen molar-refractivity contribution in [2.75, 3.05) is 11.4 Å². The molecule has 2 aromatic carbocycles. The van der Waals surface area contributed by atoms with Gasteiger partial charge in [0.2, 0.25) is 5.91 Å². The van der Waals surface area contributed by atoms with Crippen molar-refractivity contribution in [2.24, 2.45) is 5.92 Å². The van der Waals surface area contributed by atoms with Crippen LogP contribution in [0.25, 0.3) is 0 Å². The highest BCUT2D eigenvalue weighted by Crippen LogP contribution is 2.45. The van der Waals surface area contributed by atoms with Gasteiger partial charge in [-0.3, -0.25) is 9.59 Å². The summed E-state index contributed by atoms with van der Waals surface area (Å²) in [5.41, 5.74) is 6.39. The molecule has 0 bridgehead atoms. The molecular weight excluding hydrogens is 302 g/mol. The summed E-state index contributed by atoms with van der Waals surface area (Å²) in [6.07, 6.45) is 0.934. The molecule has 120 valence electrons. The highest BCUT2D eigenvalue weighted by atomic mass is 16.2. The van der Waals surface area contributed by atoms with Gasteiger partial charge in [0.25, 0.3) is 5.91 Å².